The first-order valence-electron chi connectivity index (χ1n) is 8.19. The predicted octanol–water partition coefficient (Wildman–Crippen LogP) is 5.86. The Morgan fingerprint density at radius 3 is 1.75 bits per heavy atom. The molecule has 122 valence electrons. The molecule has 0 amide bonds. The van der Waals surface area contributed by atoms with E-state index in [-0.39, 0.29) is 11.7 Å². The Bertz CT molecular complexity index is 844. The lowest BCUT2D eigenvalue weighted by Crippen LogP contribution is -1.92. The van der Waals surface area contributed by atoms with Crippen LogP contribution in [-0.2, 0) is 0 Å². The summed E-state index contributed by atoms with van der Waals surface area (Å²) in [5.41, 5.74) is 6.50. The molecule has 0 unspecified atom stereocenters. The van der Waals surface area contributed by atoms with Gasteiger partial charge in [0.15, 0.2) is 0 Å². The van der Waals surface area contributed by atoms with Crippen LogP contribution in [0.3, 0.4) is 0 Å². The molecule has 2 nitrogen and oxygen atoms in total. The van der Waals surface area contributed by atoms with Crippen LogP contribution >= 0.6 is 0 Å². The second kappa shape index (κ2) is 6.40. The quantitative estimate of drug-likeness (QED) is 0.634. The van der Waals surface area contributed by atoms with E-state index in [1.807, 2.05) is 25.1 Å². The molecule has 2 heteroatoms. The van der Waals surface area contributed by atoms with E-state index in [0.29, 0.717) is 5.75 Å². The average Bonchev–Trinajstić information content (AvgIpc) is 2.55. The summed E-state index contributed by atoms with van der Waals surface area (Å²) in [6, 6.07) is 19.5. The Hall–Kier alpha value is -2.74. The molecule has 3 rings (SSSR count). The fraction of sp³-hybridized carbons (Fsp3) is 0.182. The first kappa shape index (κ1) is 16.1. The number of benzene rings is 3. The minimum atomic E-state index is 0.274. The van der Waals surface area contributed by atoms with Gasteiger partial charge in [0.2, 0.25) is 0 Å². The summed E-state index contributed by atoms with van der Waals surface area (Å²) in [5.74, 6) is 0.920. The van der Waals surface area contributed by atoms with E-state index in [1.165, 1.54) is 0 Å². The van der Waals surface area contributed by atoms with Crippen LogP contribution in [0.1, 0.15) is 30.9 Å². The molecule has 0 aliphatic carbocycles. The molecule has 0 spiro atoms. The smallest absolute Gasteiger partial charge is 0.119 e. The largest absolute Gasteiger partial charge is 0.508 e. The van der Waals surface area contributed by atoms with Crippen molar-refractivity contribution in [1.29, 1.82) is 0 Å². The zero-order valence-corrected chi connectivity index (χ0v) is 14.2. The molecule has 0 saturated heterocycles. The standard InChI is InChI=1S/C22H22O2/c1-14(2)20-13-21(15(3)12-22(20)24)18-6-4-16(5-7-18)17-8-10-19(23)11-9-17/h4-14,23-24H,1-3H3. The normalized spacial score (nSPS) is 11.0. The van der Waals surface area contributed by atoms with Crippen LogP contribution in [0.15, 0.2) is 60.7 Å². The molecule has 0 saturated carbocycles. The highest BCUT2D eigenvalue weighted by molar-refractivity contribution is 5.73. The van der Waals surface area contributed by atoms with Crippen LogP contribution in [0.4, 0.5) is 0 Å². The van der Waals surface area contributed by atoms with Gasteiger partial charge in [0.25, 0.3) is 0 Å². The summed E-state index contributed by atoms with van der Waals surface area (Å²) in [6.07, 6.45) is 0. The topological polar surface area (TPSA) is 40.5 Å². The highest BCUT2D eigenvalue weighted by atomic mass is 16.3. The van der Waals surface area contributed by atoms with Crippen LogP contribution in [-0.4, -0.2) is 10.2 Å². The van der Waals surface area contributed by atoms with E-state index in [1.54, 1.807) is 12.1 Å². The monoisotopic (exact) mass is 318 g/mol. The molecule has 3 aromatic carbocycles. The molecular formula is C22H22O2. The van der Waals surface area contributed by atoms with Crippen LogP contribution in [0.2, 0.25) is 0 Å². The van der Waals surface area contributed by atoms with Gasteiger partial charge in [-0.15, -0.1) is 0 Å². The van der Waals surface area contributed by atoms with Crippen LogP contribution in [0.5, 0.6) is 11.5 Å². The molecule has 0 aliphatic rings. The van der Waals surface area contributed by atoms with E-state index in [4.69, 9.17) is 0 Å². The molecule has 0 radical (unpaired) electrons. The Labute approximate surface area is 143 Å². The average molecular weight is 318 g/mol. The van der Waals surface area contributed by atoms with Crippen molar-refractivity contribution in [3.63, 3.8) is 0 Å². The van der Waals surface area contributed by atoms with Gasteiger partial charge in [0.1, 0.15) is 11.5 Å². The van der Waals surface area contributed by atoms with Gasteiger partial charge in [-0.05, 0) is 70.5 Å². The number of hydrogen-bond donors (Lipinski definition) is 2. The van der Waals surface area contributed by atoms with Crippen molar-refractivity contribution in [3.05, 3.63) is 71.8 Å². The highest BCUT2D eigenvalue weighted by Gasteiger charge is 2.11. The lowest BCUT2D eigenvalue weighted by Gasteiger charge is -2.14. The van der Waals surface area contributed by atoms with Gasteiger partial charge in [-0.1, -0.05) is 50.2 Å². The van der Waals surface area contributed by atoms with Gasteiger partial charge in [0, 0.05) is 0 Å². The van der Waals surface area contributed by atoms with Gasteiger partial charge in [0.05, 0.1) is 0 Å². The minimum absolute atomic E-state index is 0.274. The van der Waals surface area contributed by atoms with Crippen molar-refractivity contribution < 1.29 is 10.2 Å². The van der Waals surface area contributed by atoms with Crippen molar-refractivity contribution in [2.75, 3.05) is 0 Å². The SMILES string of the molecule is Cc1cc(O)c(C(C)C)cc1-c1ccc(-c2ccc(O)cc2)cc1. The van der Waals surface area contributed by atoms with Crippen LogP contribution < -0.4 is 0 Å². The maximum absolute atomic E-state index is 10.1. The zero-order valence-electron chi connectivity index (χ0n) is 14.2. The van der Waals surface area contributed by atoms with E-state index >= 15 is 0 Å². The maximum Gasteiger partial charge on any atom is 0.119 e. The summed E-state index contributed by atoms with van der Waals surface area (Å²) in [6.45, 7) is 6.19. The third-order valence-electron chi connectivity index (χ3n) is 4.39. The molecular weight excluding hydrogens is 296 g/mol. The third-order valence-corrected chi connectivity index (χ3v) is 4.39. The van der Waals surface area contributed by atoms with E-state index in [2.05, 4.69) is 44.2 Å². The van der Waals surface area contributed by atoms with Crippen molar-refractivity contribution in [2.45, 2.75) is 26.7 Å². The zero-order chi connectivity index (χ0) is 17.3. The fourth-order valence-corrected chi connectivity index (χ4v) is 2.98. The molecule has 0 fully saturated rings. The Morgan fingerprint density at radius 1 is 0.708 bits per heavy atom. The lowest BCUT2D eigenvalue weighted by atomic mass is 9.92. The maximum atomic E-state index is 10.1. The molecule has 0 atom stereocenters. The lowest BCUT2D eigenvalue weighted by molar-refractivity contribution is 0.464. The third kappa shape index (κ3) is 3.13. The van der Waals surface area contributed by atoms with Gasteiger partial charge in [-0.25, -0.2) is 0 Å². The van der Waals surface area contributed by atoms with Gasteiger partial charge < -0.3 is 10.2 Å². The number of phenols is 2. The molecule has 0 heterocycles. The van der Waals surface area contributed by atoms with Crippen molar-refractivity contribution in [2.24, 2.45) is 0 Å². The Morgan fingerprint density at radius 2 is 1.21 bits per heavy atom. The van der Waals surface area contributed by atoms with Crippen molar-refractivity contribution in [3.8, 4) is 33.8 Å². The molecule has 24 heavy (non-hydrogen) atoms. The summed E-state index contributed by atoms with van der Waals surface area (Å²) in [5, 5.41) is 19.5. The molecule has 2 N–H and O–H groups in total. The molecule has 0 aromatic heterocycles. The number of phenolic OH excluding ortho intramolecular Hbond substituents is 2. The molecule has 0 bridgehead atoms. The number of hydrogen-bond acceptors (Lipinski definition) is 2. The summed E-state index contributed by atoms with van der Waals surface area (Å²) in [4.78, 5) is 0. The first-order chi connectivity index (χ1) is 11.5. The molecule has 3 aromatic rings. The summed E-state index contributed by atoms with van der Waals surface area (Å²) in [7, 11) is 0. The minimum Gasteiger partial charge on any atom is -0.508 e. The van der Waals surface area contributed by atoms with E-state index < -0.39 is 0 Å². The summed E-state index contributed by atoms with van der Waals surface area (Å²) >= 11 is 0. The highest BCUT2D eigenvalue weighted by Crippen LogP contribution is 2.34. The number of rotatable bonds is 3. The first-order valence-corrected chi connectivity index (χ1v) is 8.19. The van der Waals surface area contributed by atoms with E-state index in [0.717, 1.165) is 33.4 Å². The van der Waals surface area contributed by atoms with Crippen LogP contribution in [0, 0.1) is 6.92 Å². The van der Waals surface area contributed by atoms with Crippen molar-refractivity contribution in [1.82, 2.24) is 0 Å². The number of aryl methyl sites for hydroxylation is 1. The second-order valence-corrected chi connectivity index (χ2v) is 6.50. The fourth-order valence-electron chi connectivity index (χ4n) is 2.98. The Kier molecular flexibility index (Phi) is 4.30. The van der Waals surface area contributed by atoms with Gasteiger partial charge in [-0.3, -0.25) is 0 Å². The van der Waals surface area contributed by atoms with Gasteiger partial charge >= 0.3 is 0 Å². The van der Waals surface area contributed by atoms with Crippen LogP contribution in [0.25, 0.3) is 22.3 Å². The number of aromatic hydroxyl groups is 2. The molecule has 0 aliphatic heterocycles. The Balaban J connectivity index is 1.99. The predicted molar refractivity (Wildman–Crippen MR) is 99.5 cm³/mol. The summed E-state index contributed by atoms with van der Waals surface area (Å²) < 4.78 is 0. The van der Waals surface area contributed by atoms with Crippen molar-refractivity contribution >= 4 is 0 Å². The van der Waals surface area contributed by atoms with Gasteiger partial charge in [-0.2, -0.15) is 0 Å². The van der Waals surface area contributed by atoms with E-state index in [9.17, 15) is 10.2 Å². The second-order valence-electron chi connectivity index (χ2n) is 6.50.